The van der Waals surface area contributed by atoms with E-state index in [1.54, 1.807) is 13.0 Å². The lowest BCUT2D eigenvalue weighted by Crippen LogP contribution is -2.05. The number of aryl methyl sites for hydroxylation is 2. The predicted octanol–water partition coefficient (Wildman–Crippen LogP) is 3.73. The fourth-order valence-electron chi connectivity index (χ4n) is 2.76. The number of aromatic carboxylic acids is 1. The van der Waals surface area contributed by atoms with Gasteiger partial charge in [0, 0.05) is 10.9 Å². The molecule has 0 amide bonds. The van der Waals surface area contributed by atoms with Crippen LogP contribution in [0.5, 0.6) is 5.75 Å². The fraction of sp³-hybridized carbons (Fsp3) is 0.158. The first kappa shape index (κ1) is 15.0. The molecule has 23 heavy (non-hydrogen) atoms. The van der Waals surface area contributed by atoms with E-state index in [4.69, 9.17) is 0 Å². The smallest absolute Gasteiger partial charge is 0.354 e. The second-order valence-electron chi connectivity index (χ2n) is 5.54. The summed E-state index contributed by atoms with van der Waals surface area (Å²) < 4.78 is 0. The molecular weight excluding hydrogens is 290 g/mol. The van der Waals surface area contributed by atoms with Crippen LogP contribution in [0, 0.1) is 6.92 Å². The molecule has 0 aliphatic heterocycles. The summed E-state index contributed by atoms with van der Waals surface area (Å²) in [7, 11) is 0. The summed E-state index contributed by atoms with van der Waals surface area (Å²) in [5.74, 6) is -1.13. The quantitative estimate of drug-likeness (QED) is 0.770. The van der Waals surface area contributed by atoms with Crippen molar-refractivity contribution >= 4 is 16.9 Å². The Labute approximate surface area is 134 Å². The Balaban J connectivity index is 2.05. The number of nitrogens with zero attached hydrogens (tertiary/aromatic N) is 1. The highest BCUT2D eigenvalue weighted by Crippen LogP contribution is 2.31. The molecule has 0 unspecified atom stereocenters. The molecule has 2 N–H and O–H groups in total. The van der Waals surface area contributed by atoms with E-state index in [9.17, 15) is 15.0 Å². The van der Waals surface area contributed by atoms with Crippen LogP contribution < -0.4 is 0 Å². The molecular formula is C19H17NO3. The number of carboxylic acids is 1. The van der Waals surface area contributed by atoms with E-state index < -0.39 is 5.97 Å². The van der Waals surface area contributed by atoms with Crippen LogP contribution in [0.2, 0.25) is 0 Å². The first-order valence-corrected chi connectivity index (χ1v) is 7.46. The second kappa shape index (κ2) is 6.08. The molecule has 1 aromatic heterocycles. The van der Waals surface area contributed by atoms with Crippen molar-refractivity contribution in [2.45, 2.75) is 19.8 Å². The molecule has 2 aromatic carbocycles. The number of carbonyl (C=O) groups is 1. The zero-order chi connectivity index (χ0) is 16.4. The van der Waals surface area contributed by atoms with Gasteiger partial charge in [-0.2, -0.15) is 0 Å². The average molecular weight is 307 g/mol. The van der Waals surface area contributed by atoms with Crippen LogP contribution in [0.15, 0.2) is 48.5 Å². The summed E-state index contributed by atoms with van der Waals surface area (Å²) in [6.07, 6.45) is 1.56. The van der Waals surface area contributed by atoms with E-state index in [0.717, 1.165) is 18.4 Å². The van der Waals surface area contributed by atoms with Crippen LogP contribution in [0.3, 0.4) is 0 Å². The first-order valence-electron chi connectivity index (χ1n) is 7.46. The van der Waals surface area contributed by atoms with Crippen molar-refractivity contribution in [3.8, 4) is 5.75 Å². The first-order chi connectivity index (χ1) is 11.1. The van der Waals surface area contributed by atoms with Crippen LogP contribution in [0.1, 0.15) is 27.2 Å². The van der Waals surface area contributed by atoms with Gasteiger partial charge in [-0.25, -0.2) is 9.78 Å². The van der Waals surface area contributed by atoms with Crippen LogP contribution in [0.25, 0.3) is 10.9 Å². The molecule has 0 aliphatic carbocycles. The highest BCUT2D eigenvalue weighted by Gasteiger charge is 2.17. The van der Waals surface area contributed by atoms with Gasteiger partial charge >= 0.3 is 5.97 Å². The maximum Gasteiger partial charge on any atom is 0.354 e. The van der Waals surface area contributed by atoms with E-state index in [1.807, 2.05) is 30.3 Å². The molecule has 0 bridgehead atoms. The topological polar surface area (TPSA) is 70.4 Å². The molecule has 4 heteroatoms. The summed E-state index contributed by atoms with van der Waals surface area (Å²) in [5, 5.41) is 20.2. The van der Waals surface area contributed by atoms with Crippen LogP contribution in [-0.2, 0) is 12.8 Å². The van der Waals surface area contributed by atoms with Crippen molar-refractivity contribution < 1.29 is 15.0 Å². The third-order valence-electron chi connectivity index (χ3n) is 4.04. The molecule has 0 spiro atoms. The van der Waals surface area contributed by atoms with Gasteiger partial charge in [0.15, 0.2) is 5.69 Å². The molecule has 0 saturated carbocycles. The highest BCUT2D eigenvalue weighted by molar-refractivity contribution is 5.96. The molecule has 0 saturated heterocycles. The number of carboxylic acid groups (broad SMARTS) is 1. The molecule has 3 rings (SSSR count). The second-order valence-corrected chi connectivity index (χ2v) is 5.54. The molecule has 1 heterocycles. The van der Waals surface area contributed by atoms with Crippen LogP contribution in [0.4, 0.5) is 0 Å². The maximum absolute atomic E-state index is 11.3. The number of aromatic hydroxyl groups is 1. The molecule has 4 nitrogen and oxygen atoms in total. The molecule has 0 aliphatic rings. The van der Waals surface area contributed by atoms with Crippen molar-refractivity contribution in [1.29, 1.82) is 0 Å². The standard InChI is InChI=1S/C19H17NO3/c1-12-16(19(22)23)20-17-14(8-5-9-15(17)18(12)21)11-10-13-6-3-2-4-7-13/h2-9H,10-11H2,1H3,(H,20,21)(H,22,23). The summed E-state index contributed by atoms with van der Waals surface area (Å²) in [4.78, 5) is 15.6. The van der Waals surface area contributed by atoms with Crippen LogP contribution in [-0.4, -0.2) is 21.2 Å². The summed E-state index contributed by atoms with van der Waals surface area (Å²) in [6.45, 7) is 1.57. The predicted molar refractivity (Wildman–Crippen MR) is 89.0 cm³/mol. The van der Waals surface area contributed by atoms with Gasteiger partial charge in [-0.15, -0.1) is 0 Å². The number of pyridine rings is 1. The zero-order valence-corrected chi connectivity index (χ0v) is 12.8. The SMILES string of the molecule is Cc1c(C(=O)O)nc2c(CCc3ccccc3)cccc2c1O. The minimum absolute atomic E-state index is 0.00559. The normalized spacial score (nSPS) is 10.8. The number of aromatic nitrogens is 1. The Bertz CT molecular complexity index is 873. The van der Waals surface area contributed by atoms with Crippen LogP contribution >= 0.6 is 0 Å². The number of para-hydroxylation sites is 1. The molecule has 116 valence electrons. The van der Waals surface area contributed by atoms with Crippen molar-refractivity contribution in [3.05, 3.63) is 70.9 Å². The fourth-order valence-corrected chi connectivity index (χ4v) is 2.76. The largest absolute Gasteiger partial charge is 0.507 e. The Morgan fingerprint density at radius 3 is 2.48 bits per heavy atom. The van der Waals surface area contributed by atoms with Gasteiger partial charge < -0.3 is 10.2 Å². The minimum Gasteiger partial charge on any atom is -0.507 e. The van der Waals surface area contributed by atoms with Crippen molar-refractivity contribution in [3.63, 3.8) is 0 Å². The van der Waals surface area contributed by atoms with E-state index in [1.165, 1.54) is 5.56 Å². The van der Waals surface area contributed by atoms with Gasteiger partial charge in [0.2, 0.25) is 0 Å². The number of hydrogen-bond donors (Lipinski definition) is 2. The highest BCUT2D eigenvalue weighted by atomic mass is 16.4. The Morgan fingerprint density at radius 2 is 1.78 bits per heavy atom. The molecule has 0 fully saturated rings. The van der Waals surface area contributed by atoms with Gasteiger partial charge in [0.25, 0.3) is 0 Å². The molecule has 3 aromatic rings. The van der Waals surface area contributed by atoms with Gasteiger partial charge in [-0.3, -0.25) is 0 Å². The van der Waals surface area contributed by atoms with E-state index in [2.05, 4.69) is 17.1 Å². The van der Waals surface area contributed by atoms with E-state index >= 15 is 0 Å². The van der Waals surface area contributed by atoms with E-state index in [-0.39, 0.29) is 11.4 Å². The third kappa shape index (κ3) is 2.88. The van der Waals surface area contributed by atoms with Gasteiger partial charge in [-0.1, -0.05) is 42.5 Å². The molecule has 0 radical (unpaired) electrons. The number of hydrogen-bond acceptors (Lipinski definition) is 3. The van der Waals surface area contributed by atoms with Gasteiger partial charge in [0.1, 0.15) is 5.75 Å². The summed E-state index contributed by atoms with van der Waals surface area (Å²) >= 11 is 0. The monoisotopic (exact) mass is 307 g/mol. The molecule has 0 atom stereocenters. The lowest BCUT2D eigenvalue weighted by Gasteiger charge is -2.11. The minimum atomic E-state index is -1.13. The Hall–Kier alpha value is -2.88. The number of rotatable bonds is 4. The van der Waals surface area contributed by atoms with Crippen molar-refractivity contribution in [2.75, 3.05) is 0 Å². The van der Waals surface area contributed by atoms with Gasteiger partial charge in [0.05, 0.1) is 5.52 Å². The van der Waals surface area contributed by atoms with Gasteiger partial charge in [-0.05, 0) is 37.0 Å². The summed E-state index contributed by atoms with van der Waals surface area (Å²) in [5.41, 5.74) is 2.90. The number of fused-ring (bicyclic) bond motifs is 1. The Morgan fingerprint density at radius 1 is 1.04 bits per heavy atom. The third-order valence-corrected chi connectivity index (χ3v) is 4.04. The van der Waals surface area contributed by atoms with Crippen molar-refractivity contribution in [2.24, 2.45) is 0 Å². The van der Waals surface area contributed by atoms with Crippen molar-refractivity contribution in [1.82, 2.24) is 4.98 Å². The summed E-state index contributed by atoms with van der Waals surface area (Å²) in [6, 6.07) is 15.6. The lowest BCUT2D eigenvalue weighted by atomic mass is 10.00. The maximum atomic E-state index is 11.3. The number of benzene rings is 2. The average Bonchev–Trinajstić information content (AvgIpc) is 2.56. The lowest BCUT2D eigenvalue weighted by molar-refractivity contribution is 0.0689. The Kier molecular flexibility index (Phi) is 3.98. The zero-order valence-electron chi connectivity index (χ0n) is 12.8. The van der Waals surface area contributed by atoms with E-state index in [0.29, 0.717) is 16.5 Å².